The highest BCUT2D eigenvalue weighted by Crippen LogP contribution is 2.34. The number of rotatable bonds is 5. The summed E-state index contributed by atoms with van der Waals surface area (Å²) in [6, 6.07) is 17.4. The average molecular weight is 511 g/mol. The number of fused-ring (bicyclic) bond motifs is 3. The van der Waals surface area contributed by atoms with Gasteiger partial charge in [0, 0.05) is 4.47 Å². The first kappa shape index (κ1) is 20.7. The molecule has 0 aliphatic rings. The maximum atomic E-state index is 13.4. The molecule has 0 radical (unpaired) electrons. The Morgan fingerprint density at radius 3 is 2.78 bits per heavy atom. The van der Waals surface area contributed by atoms with Crippen molar-refractivity contribution in [1.29, 1.82) is 0 Å². The van der Waals surface area contributed by atoms with Crippen LogP contribution in [-0.2, 0) is 6.61 Å². The molecule has 160 valence electrons. The van der Waals surface area contributed by atoms with Crippen LogP contribution in [0.2, 0.25) is 0 Å². The minimum Gasteiger partial charge on any atom is -0.493 e. The lowest BCUT2D eigenvalue weighted by Crippen LogP contribution is -2.22. The van der Waals surface area contributed by atoms with Crippen molar-refractivity contribution in [2.45, 2.75) is 6.61 Å². The van der Waals surface area contributed by atoms with Crippen molar-refractivity contribution in [3.8, 4) is 11.5 Å². The molecule has 2 heterocycles. The number of methoxy groups -OCH3 is 1. The summed E-state index contributed by atoms with van der Waals surface area (Å²) in [5, 5.41) is 0. The van der Waals surface area contributed by atoms with Crippen molar-refractivity contribution < 1.29 is 13.9 Å². The Hall–Kier alpha value is -3.23. The molecular formula is C24H16BrFN2O3S. The van der Waals surface area contributed by atoms with Crippen LogP contribution in [0.5, 0.6) is 11.5 Å². The highest BCUT2D eigenvalue weighted by molar-refractivity contribution is 9.10. The molecule has 5 aromatic rings. The zero-order valence-corrected chi connectivity index (χ0v) is 19.2. The Kier molecular flexibility index (Phi) is 5.40. The zero-order valence-electron chi connectivity index (χ0n) is 16.8. The molecule has 5 rings (SSSR count). The van der Waals surface area contributed by atoms with Gasteiger partial charge in [0.05, 0.1) is 22.7 Å². The summed E-state index contributed by atoms with van der Waals surface area (Å²) in [7, 11) is 1.55. The lowest BCUT2D eigenvalue weighted by molar-refractivity contribution is 0.284. The fourth-order valence-corrected chi connectivity index (χ4v) is 4.89. The van der Waals surface area contributed by atoms with Gasteiger partial charge < -0.3 is 9.47 Å². The van der Waals surface area contributed by atoms with E-state index in [1.807, 2.05) is 24.3 Å². The van der Waals surface area contributed by atoms with Gasteiger partial charge >= 0.3 is 0 Å². The lowest BCUT2D eigenvalue weighted by atomic mass is 10.2. The maximum Gasteiger partial charge on any atom is 0.274 e. The Bertz CT molecular complexity index is 1580. The summed E-state index contributed by atoms with van der Waals surface area (Å²) in [5.41, 5.74) is 2.96. The van der Waals surface area contributed by atoms with Crippen LogP contribution in [0.25, 0.3) is 22.1 Å². The summed E-state index contributed by atoms with van der Waals surface area (Å²) < 4.78 is 27.7. The number of nitrogens with zero attached hydrogens (tertiary/aromatic N) is 2. The summed E-state index contributed by atoms with van der Waals surface area (Å²) in [5.74, 6) is 0.706. The zero-order chi connectivity index (χ0) is 22.2. The van der Waals surface area contributed by atoms with Gasteiger partial charge in [-0.15, -0.1) is 0 Å². The Morgan fingerprint density at radius 2 is 1.97 bits per heavy atom. The van der Waals surface area contributed by atoms with E-state index in [4.69, 9.17) is 9.47 Å². The van der Waals surface area contributed by atoms with Crippen LogP contribution in [-0.4, -0.2) is 16.5 Å². The SMILES string of the molecule is COc1cc(/C=c2\sc3nc4ccccc4n3c2=O)c(Br)cc1OCc1cccc(F)c1. The number of imidazole rings is 1. The predicted octanol–water partition coefficient (Wildman–Crippen LogP) is 4.95. The molecule has 8 heteroatoms. The molecule has 0 aliphatic heterocycles. The molecule has 0 amide bonds. The molecule has 0 N–H and O–H groups in total. The van der Waals surface area contributed by atoms with E-state index in [1.165, 1.54) is 23.5 Å². The van der Waals surface area contributed by atoms with Crippen LogP contribution >= 0.6 is 27.3 Å². The quantitative estimate of drug-likeness (QED) is 0.335. The van der Waals surface area contributed by atoms with Crippen molar-refractivity contribution >= 4 is 49.3 Å². The smallest absolute Gasteiger partial charge is 0.274 e. The molecule has 0 atom stereocenters. The normalized spacial score (nSPS) is 12.0. The second-order valence-corrected chi connectivity index (χ2v) is 8.94. The van der Waals surface area contributed by atoms with E-state index in [-0.39, 0.29) is 18.0 Å². The van der Waals surface area contributed by atoms with Gasteiger partial charge in [-0.2, -0.15) is 0 Å². The first-order valence-corrected chi connectivity index (χ1v) is 11.3. The van der Waals surface area contributed by atoms with Crippen LogP contribution < -0.4 is 19.6 Å². The molecule has 3 aromatic carbocycles. The number of benzene rings is 3. The molecule has 32 heavy (non-hydrogen) atoms. The van der Waals surface area contributed by atoms with Crippen molar-refractivity contribution in [3.05, 3.63) is 97.0 Å². The Morgan fingerprint density at radius 1 is 1.12 bits per heavy atom. The minimum absolute atomic E-state index is 0.115. The summed E-state index contributed by atoms with van der Waals surface area (Å²) >= 11 is 4.89. The molecule has 0 aliphatic carbocycles. The molecule has 0 fully saturated rings. The maximum absolute atomic E-state index is 13.4. The van der Waals surface area contributed by atoms with Crippen LogP contribution in [0.3, 0.4) is 0 Å². The van der Waals surface area contributed by atoms with Gasteiger partial charge in [-0.3, -0.25) is 4.79 Å². The van der Waals surface area contributed by atoms with E-state index in [0.29, 0.717) is 26.6 Å². The van der Waals surface area contributed by atoms with Gasteiger partial charge in [-0.25, -0.2) is 13.8 Å². The highest BCUT2D eigenvalue weighted by Gasteiger charge is 2.13. The molecule has 0 saturated carbocycles. The number of hydrogen-bond acceptors (Lipinski definition) is 5. The van der Waals surface area contributed by atoms with Crippen LogP contribution in [0, 0.1) is 5.82 Å². The Labute approximate surface area is 194 Å². The highest BCUT2D eigenvalue weighted by atomic mass is 79.9. The van der Waals surface area contributed by atoms with Gasteiger partial charge in [-0.1, -0.05) is 51.5 Å². The van der Waals surface area contributed by atoms with Crippen LogP contribution in [0.15, 0.2) is 69.9 Å². The molecule has 2 aromatic heterocycles. The van der Waals surface area contributed by atoms with Crippen LogP contribution in [0.1, 0.15) is 11.1 Å². The average Bonchev–Trinajstić information content (AvgIpc) is 3.30. The van der Waals surface area contributed by atoms with E-state index >= 15 is 0 Å². The topological polar surface area (TPSA) is 52.8 Å². The molecule has 0 spiro atoms. The first-order valence-electron chi connectivity index (χ1n) is 9.70. The van der Waals surface area contributed by atoms with E-state index in [2.05, 4.69) is 20.9 Å². The van der Waals surface area contributed by atoms with Crippen molar-refractivity contribution in [3.63, 3.8) is 0 Å². The van der Waals surface area contributed by atoms with Gasteiger partial charge in [-0.05, 0) is 53.6 Å². The second kappa shape index (κ2) is 8.37. The van der Waals surface area contributed by atoms with Crippen molar-refractivity contribution in [2.75, 3.05) is 7.11 Å². The van der Waals surface area contributed by atoms with Crippen LogP contribution in [0.4, 0.5) is 4.39 Å². The monoisotopic (exact) mass is 510 g/mol. The largest absolute Gasteiger partial charge is 0.493 e. The van der Waals surface area contributed by atoms with Crippen molar-refractivity contribution in [2.24, 2.45) is 0 Å². The summed E-state index contributed by atoms with van der Waals surface area (Å²) in [6.07, 6.45) is 1.80. The second-order valence-electron chi connectivity index (χ2n) is 7.08. The fourth-order valence-electron chi connectivity index (χ4n) is 3.47. The first-order chi connectivity index (χ1) is 15.5. The summed E-state index contributed by atoms with van der Waals surface area (Å²) in [6.45, 7) is 0.198. The predicted molar refractivity (Wildman–Crippen MR) is 127 cm³/mol. The number of ether oxygens (including phenoxy) is 2. The van der Waals surface area contributed by atoms with Gasteiger partial charge in [0.15, 0.2) is 16.5 Å². The third-order valence-corrected chi connectivity index (χ3v) is 6.65. The number of thiazole rings is 1. The van der Waals surface area contributed by atoms with Gasteiger partial charge in [0.2, 0.25) is 0 Å². The fraction of sp³-hybridized carbons (Fsp3) is 0.0833. The third-order valence-electron chi connectivity index (χ3n) is 5.00. The number of hydrogen-bond donors (Lipinski definition) is 0. The molecule has 0 bridgehead atoms. The number of aromatic nitrogens is 2. The standard InChI is InChI=1S/C24H16BrFN2O3S/c1-30-20-10-15(17(25)12-21(20)31-13-14-5-4-6-16(26)9-14)11-22-23(29)28-19-8-3-2-7-18(19)27-24(28)32-22/h2-12H,13H2,1H3/b22-11-. The van der Waals surface area contributed by atoms with E-state index in [0.717, 1.165) is 21.1 Å². The minimum atomic E-state index is -0.312. The van der Waals surface area contributed by atoms with E-state index in [9.17, 15) is 9.18 Å². The van der Waals surface area contributed by atoms with Crippen molar-refractivity contribution in [1.82, 2.24) is 9.38 Å². The third kappa shape index (κ3) is 3.76. The van der Waals surface area contributed by atoms with Gasteiger partial charge in [0.1, 0.15) is 12.4 Å². The summed E-state index contributed by atoms with van der Waals surface area (Å²) in [4.78, 5) is 18.2. The Balaban J connectivity index is 1.52. The molecule has 0 saturated heterocycles. The van der Waals surface area contributed by atoms with E-state index < -0.39 is 0 Å². The van der Waals surface area contributed by atoms with Gasteiger partial charge in [0.25, 0.3) is 5.56 Å². The molecule has 0 unspecified atom stereocenters. The molecular weight excluding hydrogens is 495 g/mol. The molecule has 5 nitrogen and oxygen atoms in total. The van der Waals surface area contributed by atoms with E-state index in [1.54, 1.807) is 41.9 Å². The number of para-hydroxylation sites is 2. The lowest BCUT2D eigenvalue weighted by Gasteiger charge is -2.13. The number of halogens is 2.